The standard InChI is InChI=1S/C18H25NO4/c1-13(2)23-17-9-4-3-7-14(17)16(20)10-12-19-11-6-5-8-15(19)18(21)22/h3-4,7,9,13,15H,5-6,8,10-12H2,1-2H3,(H,21,22). The van der Waals surface area contributed by atoms with E-state index in [4.69, 9.17) is 4.74 Å². The molecule has 126 valence electrons. The lowest BCUT2D eigenvalue weighted by Crippen LogP contribution is -2.45. The summed E-state index contributed by atoms with van der Waals surface area (Å²) < 4.78 is 5.69. The number of ether oxygens (including phenoxy) is 1. The van der Waals surface area contributed by atoms with E-state index in [2.05, 4.69) is 0 Å². The molecule has 1 aromatic carbocycles. The topological polar surface area (TPSA) is 66.8 Å². The van der Waals surface area contributed by atoms with Gasteiger partial charge in [-0.15, -0.1) is 0 Å². The van der Waals surface area contributed by atoms with Crippen molar-refractivity contribution in [2.45, 2.75) is 51.7 Å². The number of para-hydroxylation sites is 1. The Balaban J connectivity index is 2.00. The Kier molecular flexibility index (Phi) is 6.16. The third kappa shape index (κ3) is 4.79. The fraction of sp³-hybridized carbons (Fsp3) is 0.556. The molecule has 1 aromatic rings. The molecule has 1 atom stereocenters. The number of nitrogens with zero attached hydrogens (tertiary/aromatic N) is 1. The average molecular weight is 319 g/mol. The van der Waals surface area contributed by atoms with Crippen molar-refractivity contribution < 1.29 is 19.4 Å². The molecule has 0 radical (unpaired) electrons. The molecule has 23 heavy (non-hydrogen) atoms. The quantitative estimate of drug-likeness (QED) is 0.783. The lowest BCUT2D eigenvalue weighted by atomic mass is 10.0. The smallest absolute Gasteiger partial charge is 0.320 e. The van der Waals surface area contributed by atoms with Crippen LogP contribution in [0.4, 0.5) is 0 Å². The van der Waals surface area contributed by atoms with Gasteiger partial charge in [0.15, 0.2) is 5.78 Å². The van der Waals surface area contributed by atoms with Crippen molar-refractivity contribution in [2.75, 3.05) is 13.1 Å². The summed E-state index contributed by atoms with van der Waals surface area (Å²) in [4.78, 5) is 25.7. The van der Waals surface area contributed by atoms with E-state index in [0.29, 0.717) is 30.7 Å². The highest BCUT2D eigenvalue weighted by Gasteiger charge is 2.28. The van der Waals surface area contributed by atoms with Crippen molar-refractivity contribution in [3.63, 3.8) is 0 Å². The van der Waals surface area contributed by atoms with Gasteiger partial charge in [-0.2, -0.15) is 0 Å². The third-order valence-corrected chi connectivity index (χ3v) is 4.07. The van der Waals surface area contributed by atoms with Crippen LogP contribution in [0.15, 0.2) is 24.3 Å². The van der Waals surface area contributed by atoms with Crippen molar-refractivity contribution >= 4 is 11.8 Å². The van der Waals surface area contributed by atoms with Crippen molar-refractivity contribution in [1.29, 1.82) is 0 Å². The Morgan fingerprint density at radius 3 is 2.74 bits per heavy atom. The maximum absolute atomic E-state index is 12.5. The predicted molar refractivity (Wildman–Crippen MR) is 88.0 cm³/mol. The molecule has 2 rings (SSSR count). The normalized spacial score (nSPS) is 18.8. The average Bonchev–Trinajstić information content (AvgIpc) is 2.52. The number of hydrogen-bond acceptors (Lipinski definition) is 4. The number of piperidine rings is 1. The molecule has 0 aromatic heterocycles. The summed E-state index contributed by atoms with van der Waals surface area (Å²) >= 11 is 0. The van der Waals surface area contributed by atoms with Crippen LogP contribution in [0.3, 0.4) is 0 Å². The van der Waals surface area contributed by atoms with Gasteiger partial charge in [0.2, 0.25) is 0 Å². The van der Waals surface area contributed by atoms with Crippen LogP contribution in [0, 0.1) is 0 Å². The van der Waals surface area contributed by atoms with Crippen LogP contribution in [0.2, 0.25) is 0 Å². The van der Waals surface area contributed by atoms with Gasteiger partial charge >= 0.3 is 5.97 Å². The summed E-state index contributed by atoms with van der Waals surface area (Å²) in [7, 11) is 0. The van der Waals surface area contributed by atoms with Crippen molar-refractivity contribution in [1.82, 2.24) is 4.90 Å². The molecular weight excluding hydrogens is 294 g/mol. The van der Waals surface area contributed by atoms with Crippen LogP contribution in [0.1, 0.15) is 49.9 Å². The number of carbonyl (C=O) groups is 2. The number of Topliss-reactive ketones (excluding diaryl/α,β-unsaturated/α-hetero) is 1. The second kappa shape index (κ2) is 8.11. The van der Waals surface area contributed by atoms with E-state index in [-0.39, 0.29) is 11.9 Å². The zero-order valence-electron chi connectivity index (χ0n) is 13.8. The van der Waals surface area contributed by atoms with Gasteiger partial charge in [0, 0.05) is 13.0 Å². The van der Waals surface area contributed by atoms with Crippen molar-refractivity contribution in [3.05, 3.63) is 29.8 Å². The first-order valence-electron chi connectivity index (χ1n) is 8.24. The van der Waals surface area contributed by atoms with Crippen LogP contribution in [0.5, 0.6) is 5.75 Å². The summed E-state index contributed by atoms with van der Waals surface area (Å²) in [6, 6.07) is 6.78. The number of aliphatic carboxylic acids is 1. The lowest BCUT2D eigenvalue weighted by Gasteiger charge is -2.32. The molecule has 0 amide bonds. The molecule has 1 aliphatic heterocycles. The van der Waals surface area contributed by atoms with Gasteiger partial charge < -0.3 is 9.84 Å². The van der Waals surface area contributed by atoms with Crippen LogP contribution in [0.25, 0.3) is 0 Å². The molecule has 0 bridgehead atoms. The molecule has 1 aliphatic rings. The lowest BCUT2D eigenvalue weighted by molar-refractivity contribution is -0.144. The molecular formula is C18H25NO4. The Bertz CT molecular complexity index is 556. The minimum atomic E-state index is -0.791. The van der Waals surface area contributed by atoms with E-state index in [9.17, 15) is 14.7 Å². The largest absolute Gasteiger partial charge is 0.490 e. The molecule has 0 spiro atoms. The molecule has 1 N–H and O–H groups in total. The summed E-state index contributed by atoms with van der Waals surface area (Å²) in [5, 5.41) is 9.29. The minimum absolute atomic E-state index is 0.00225. The minimum Gasteiger partial charge on any atom is -0.490 e. The van der Waals surface area contributed by atoms with E-state index < -0.39 is 12.0 Å². The van der Waals surface area contributed by atoms with E-state index >= 15 is 0 Å². The summed E-state index contributed by atoms with van der Waals surface area (Å²) in [6.45, 7) is 5.07. The van der Waals surface area contributed by atoms with Crippen molar-refractivity contribution in [3.8, 4) is 5.75 Å². The van der Waals surface area contributed by atoms with Gasteiger partial charge in [-0.05, 0) is 45.4 Å². The van der Waals surface area contributed by atoms with Gasteiger partial charge in [0.05, 0.1) is 11.7 Å². The number of rotatable bonds is 7. The highest BCUT2D eigenvalue weighted by atomic mass is 16.5. The number of benzene rings is 1. The number of carboxylic acid groups (broad SMARTS) is 1. The Morgan fingerprint density at radius 1 is 1.30 bits per heavy atom. The fourth-order valence-corrected chi connectivity index (χ4v) is 2.97. The number of ketones is 1. The molecule has 1 saturated heterocycles. The third-order valence-electron chi connectivity index (χ3n) is 4.07. The van der Waals surface area contributed by atoms with E-state index in [0.717, 1.165) is 19.4 Å². The summed E-state index contributed by atoms with van der Waals surface area (Å²) in [5.74, 6) is -0.197. The number of likely N-dealkylation sites (tertiary alicyclic amines) is 1. The van der Waals surface area contributed by atoms with Gasteiger partial charge in [0.1, 0.15) is 11.8 Å². The predicted octanol–water partition coefficient (Wildman–Crippen LogP) is 2.99. The monoisotopic (exact) mass is 319 g/mol. The second-order valence-electron chi connectivity index (χ2n) is 6.22. The van der Waals surface area contributed by atoms with Gasteiger partial charge in [-0.3, -0.25) is 14.5 Å². The Labute approximate surface area is 137 Å². The van der Waals surface area contributed by atoms with Crippen LogP contribution >= 0.6 is 0 Å². The molecule has 5 heteroatoms. The number of carboxylic acids is 1. The Hall–Kier alpha value is -1.88. The summed E-state index contributed by atoms with van der Waals surface area (Å²) in [6.07, 6.45) is 2.90. The first kappa shape index (κ1) is 17.5. The maximum Gasteiger partial charge on any atom is 0.320 e. The zero-order valence-corrected chi connectivity index (χ0v) is 13.8. The van der Waals surface area contributed by atoms with Gasteiger partial charge in [-0.25, -0.2) is 0 Å². The highest BCUT2D eigenvalue weighted by Crippen LogP contribution is 2.22. The molecule has 1 heterocycles. The Morgan fingerprint density at radius 2 is 2.04 bits per heavy atom. The molecule has 0 aliphatic carbocycles. The van der Waals surface area contributed by atoms with Crippen molar-refractivity contribution in [2.24, 2.45) is 0 Å². The van der Waals surface area contributed by atoms with Crippen LogP contribution in [-0.4, -0.2) is 47.0 Å². The van der Waals surface area contributed by atoms with E-state index in [1.807, 2.05) is 30.9 Å². The van der Waals surface area contributed by atoms with Gasteiger partial charge in [0.25, 0.3) is 0 Å². The second-order valence-corrected chi connectivity index (χ2v) is 6.22. The van der Waals surface area contributed by atoms with E-state index in [1.54, 1.807) is 12.1 Å². The molecule has 1 fully saturated rings. The van der Waals surface area contributed by atoms with Crippen LogP contribution in [-0.2, 0) is 4.79 Å². The highest BCUT2D eigenvalue weighted by molar-refractivity contribution is 5.98. The fourth-order valence-electron chi connectivity index (χ4n) is 2.97. The van der Waals surface area contributed by atoms with Crippen LogP contribution < -0.4 is 4.74 Å². The molecule has 1 unspecified atom stereocenters. The molecule has 0 saturated carbocycles. The zero-order chi connectivity index (χ0) is 16.8. The SMILES string of the molecule is CC(C)Oc1ccccc1C(=O)CCN1CCCCC1C(=O)O. The van der Waals surface area contributed by atoms with E-state index in [1.165, 1.54) is 0 Å². The number of carbonyl (C=O) groups excluding carboxylic acids is 1. The first-order chi connectivity index (χ1) is 11.0. The van der Waals surface area contributed by atoms with Gasteiger partial charge in [-0.1, -0.05) is 18.6 Å². The number of hydrogen-bond donors (Lipinski definition) is 1. The first-order valence-corrected chi connectivity index (χ1v) is 8.24. The molecule has 5 nitrogen and oxygen atoms in total. The maximum atomic E-state index is 12.5. The summed E-state index contributed by atoms with van der Waals surface area (Å²) in [5.41, 5.74) is 0.574.